The quantitative estimate of drug-likeness (QED) is 0.512. The summed E-state index contributed by atoms with van der Waals surface area (Å²) < 4.78 is 5.10. The molecule has 84 valence electrons. The molecule has 0 heterocycles. The zero-order valence-corrected chi connectivity index (χ0v) is 10.4. The summed E-state index contributed by atoms with van der Waals surface area (Å²) in [6, 6.07) is 0. The van der Waals surface area contributed by atoms with Gasteiger partial charge < -0.3 is 10.1 Å². The first kappa shape index (κ1) is 13.9. The number of alkyl halides is 1. The van der Waals surface area contributed by atoms with E-state index in [-0.39, 0.29) is 12.5 Å². The van der Waals surface area contributed by atoms with Crippen molar-refractivity contribution in [1.29, 1.82) is 0 Å². The van der Waals surface area contributed by atoms with Gasteiger partial charge in [-0.15, -0.1) is 0 Å². The van der Waals surface area contributed by atoms with Crippen molar-refractivity contribution in [1.82, 2.24) is 5.32 Å². The Morgan fingerprint density at radius 1 is 1.36 bits per heavy atom. The van der Waals surface area contributed by atoms with Crippen molar-refractivity contribution in [3.8, 4) is 0 Å². The van der Waals surface area contributed by atoms with Gasteiger partial charge in [-0.25, -0.2) is 0 Å². The molecule has 0 spiro atoms. The van der Waals surface area contributed by atoms with Gasteiger partial charge in [0.2, 0.25) is 5.91 Å². The number of rotatable bonds is 9. The Morgan fingerprint density at radius 3 is 2.79 bits per heavy atom. The monoisotopic (exact) mass is 265 g/mol. The van der Waals surface area contributed by atoms with Crippen molar-refractivity contribution in [2.45, 2.75) is 32.6 Å². The molecule has 0 radical (unpaired) electrons. The third kappa shape index (κ3) is 9.99. The van der Waals surface area contributed by atoms with Gasteiger partial charge in [0.1, 0.15) is 6.61 Å². The first-order valence-corrected chi connectivity index (χ1v) is 6.33. The fraction of sp³-hybridized carbons (Fsp3) is 0.900. The van der Waals surface area contributed by atoms with Gasteiger partial charge in [0, 0.05) is 18.5 Å². The summed E-state index contributed by atoms with van der Waals surface area (Å²) in [7, 11) is 0. The van der Waals surface area contributed by atoms with Crippen molar-refractivity contribution >= 4 is 21.8 Å². The summed E-state index contributed by atoms with van der Waals surface area (Å²) in [5, 5.41) is 3.86. The molecule has 0 rings (SSSR count). The molecule has 1 N–H and O–H groups in total. The zero-order chi connectivity index (χ0) is 10.6. The van der Waals surface area contributed by atoms with Crippen molar-refractivity contribution < 1.29 is 9.53 Å². The van der Waals surface area contributed by atoms with Gasteiger partial charge in [0.25, 0.3) is 0 Å². The summed E-state index contributed by atoms with van der Waals surface area (Å²) in [4.78, 5) is 11.1. The minimum Gasteiger partial charge on any atom is -0.372 e. The van der Waals surface area contributed by atoms with Crippen molar-refractivity contribution in [3.05, 3.63) is 0 Å². The highest BCUT2D eigenvalue weighted by Gasteiger charge is 1.98. The smallest absolute Gasteiger partial charge is 0.245 e. The normalized spacial score (nSPS) is 10.1. The SMILES string of the molecule is CCCOCC(=O)NCCCCCBr. The Morgan fingerprint density at radius 2 is 2.14 bits per heavy atom. The van der Waals surface area contributed by atoms with Crippen LogP contribution in [0.25, 0.3) is 0 Å². The van der Waals surface area contributed by atoms with E-state index >= 15 is 0 Å². The number of carbonyl (C=O) groups excluding carboxylic acids is 1. The largest absolute Gasteiger partial charge is 0.372 e. The second-order valence-corrected chi connectivity index (χ2v) is 3.95. The molecule has 14 heavy (non-hydrogen) atoms. The molecule has 0 aromatic carbocycles. The van der Waals surface area contributed by atoms with Gasteiger partial charge in [-0.05, 0) is 19.3 Å². The van der Waals surface area contributed by atoms with Crippen molar-refractivity contribution in [3.63, 3.8) is 0 Å². The van der Waals surface area contributed by atoms with E-state index in [4.69, 9.17) is 4.74 Å². The average Bonchev–Trinajstić information content (AvgIpc) is 2.18. The second-order valence-electron chi connectivity index (χ2n) is 3.15. The molecule has 0 aromatic rings. The molecular formula is C10H20BrNO2. The number of hydrogen-bond acceptors (Lipinski definition) is 2. The number of nitrogens with one attached hydrogen (secondary N) is 1. The zero-order valence-electron chi connectivity index (χ0n) is 8.85. The number of halogens is 1. The number of amides is 1. The number of unbranched alkanes of at least 4 members (excludes halogenated alkanes) is 2. The van der Waals surface area contributed by atoms with Crippen LogP contribution in [0.1, 0.15) is 32.6 Å². The fourth-order valence-corrected chi connectivity index (χ4v) is 1.38. The van der Waals surface area contributed by atoms with Crippen LogP contribution < -0.4 is 5.32 Å². The lowest BCUT2D eigenvalue weighted by Gasteiger charge is -2.04. The molecular weight excluding hydrogens is 246 g/mol. The van der Waals surface area contributed by atoms with Crippen LogP contribution in [0.4, 0.5) is 0 Å². The third-order valence-electron chi connectivity index (χ3n) is 1.71. The molecule has 0 aliphatic carbocycles. The molecule has 1 amide bonds. The number of carbonyl (C=O) groups is 1. The number of ether oxygens (including phenoxy) is 1. The number of hydrogen-bond donors (Lipinski definition) is 1. The molecule has 0 fully saturated rings. The van der Waals surface area contributed by atoms with Gasteiger partial charge in [-0.2, -0.15) is 0 Å². The summed E-state index contributed by atoms with van der Waals surface area (Å²) >= 11 is 3.37. The predicted molar refractivity (Wildman–Crippen MR) is 61.8 cm³/mol. The van der Waals surface area contributed by atoms with E-state index < -0.39 is 0 Å². The van der Waals surface area contributed by atoms with E-state index in [1.54, 1.807) is 0 Å². The van der Waals surface area contributed by atoms with Crippen LogP contribution in [0.5, 0.6) is 0 Å². The van der Waals surface area contributed by atoms with Crippen LogP contribution in [-0.2, 0) is 9.53 Å². The van der Waals surface area contributed by atoms with E-state index in [1.165, 1.54) is 6.42 Å². The first-order chi connectivity index (χ1) is 6.81. The Balaban J connectivity index is 3.10. The van der Waals surface area contributed by atoms with Gasteiger partial charge in [0.05, 0.1) is 0 Å². The van der Waals surface area contributed by atoms with Crippen LogP contribution >= 0.6 is 15.9 Å². The van der Waals surface area contributed by atoms with Gasteiger partial charge >= 0.3 is 0 Å². The molecule has 3 nitrogen and oxygen atoms in total. The second kappa shape index (κ2) is 11.0. The standard InChI is InChI=1S/C10H20BrNO2/c1-2-8-14-9-10(13)12-7-5-3-4-6-11/h2-9H2,1H3,(H,12,13). The molecule has 0 aromatic heterocycles. The first-order valence-electron chi connectivity index (χ1n) is 5.21. The lowest BCUT2D eigenvalue weighted by molar-refractivity contribution is -0.125. The Bertz CT molecular complexity index is 142. The van der Waals surface area contributed by atoms with Crippen LogP contribution in [0.2, 0.25) is 0 Å². The van der Waals surface area contributed by atoms with Crippen LogP contribution in [-0.4, -0.2) is 31.0 Å². The van der Waals surface area contributed by atoms with E-state index in [1.807, 2.05) is 6.92 Å². The lowest BCUT2D eigenvalue weighted by Crippen LogP contribution is -2.28. The summed E-state index contributed by atoms with van der Waals surface area (Å²) in [6.45, 7) is 3.66. The summed E-state index contributed by atoms with van der Waals surface area (Å²) in [5.41, 5.74) is 0. The minimum absolute atomic E-state index is 0.00251. The van der Waals surface area contributed by atoms with Crippen LogP contribution in [0.15, 0.2) is 0 Å². The van der Waals surface area contributed by atoms with E-state index in [0.29, 0.717) is 6.61 Å². The van der Waals surface area contributed by atoms with E-state index in [9.17, 15) is 4.79 Å². The van der Waals surface area contributed by atoms with Gasteiger partial charge in [-0.1, -0.05) is 29.3 Å². The Labute approximate surface area is 94.7 Å². The maximum absolute atomic E-state index is 11.1. The maximum atomic E-state index is 11.1. The molecule has 0 aliphatic heterocycles. The van der Waals surface area contributed by atoms with Crippen LogP contribution in [0.3, 0.4) is 0 Å². The summed E-state index contributed by atoms with van der Waals surface area (Å²) in [5.74, 6) is -0.00251. The fourth-order valence-electron chi connectivity index (χ4n) is 0.984. The molecule has 4 heteroatoms. The molecule has 0 unspecified atom stereocenters. The molecule has 0 saturated heterocycles. The Kier molecular flexibility index (Phi) is 10.9. The minimum atomic E-state index is -0.00251. The molecule has 0 bridgehead atoms. The van der Waals surface area contributed by atoms with Gasteiger partial charge in [-0.3, -0.25) is 4.79 Å². The average molecular weight is 266 g/mol. The van der Waals surface area contributed by atoms with E-state index in [0.717, 1.165) is 31.1 Å². The Hall–Kier alpha value is -0.0900. The van der Waals surface area contributed by atoms with Crippen LogP contribution in [0, 0.1) is 0 Å². The van der Waals surface area contributed by atoms with Crippen molar-refractivity contribution in [2.75, 3.05) is 25.1 Å². The third-order valence-corrected chi connectivity index (χ3v) is 2.27. The highest BCUT2D eigenvalue weighted by Crippen LogP contribution is 1.96. The van der Waals surface area contributed by atoms with Crippen molar-refractivity contribution in [2.24, 2.45) is 0 Å². The van der Waals surface area contributed by atoms with Gasteiger partial charge in [0.15, 0.2) is 0 Å². The highest BCUT2D eigenvalue weighted by atomic mass is 79.9. The molecule has 0 aliphatic rings. The lowest BCUT2D eigenvalue weighted by atomic mass is 10.2. The van der Waals surface area contributed by atoms with E-state index in [2.05, 4.69) is 21.2 Å². The predicted octanol–water partition coefficient (Wildman–Crippen LogP) is 2.09. The maximum Gasteiger partial charge on any atom is 0.245 e. The highest BCUT2D eigenvalue weighted by molar-refractivity contribution is 9.09. The molecule has 0 saturated carbocycles. The molecule has 0 atom stereocenters. The topological polar surface area (TPSA) is 38.3 Å². The summed E-state index contributed by atoms with van der Waals surface area (Å²) in [6.07, 6.45) is 4.33.